The van der Waals surface area contributed by atoms with Crippen LogP contribution in [0.3, 0.4) is 0 Å². The summed E-state index contributed by atoms with van der Waals surface area (Å²) in [4.78, 5) is 14.2. The number of likely N-dealkylation sites (tertiary alicyclic amines) is 1. The van der Waals surface area contributed by atoms with Crippen LogP contribution in [0.4, 0.5) is 10.5 Å². The van der Waals surface area contributed by atoms with E-state index in [4.69, 9.17) is 14.2 Å². The van der Waals surface area contributed by atoms with Crippen molar-refractivity contribution in [3.8, 4) is 11.5 Å². The zero-order valence-corrected chi connectivity index (χ0v) is 15.2. The number of amides is 1. The van der Waals surface area contributed by atoms with Gasteiger partial charge in [-0.05, 0) is 45.7 Å². The maximum atomic E-state index is 12.3. The molecule has 1 fully saturated rings. The van der Waals surface area contributed by atoms with Gasteiger partial charge in [0.05, 0.1) is 0 Å². The van der Waals surface area contributed by atoms with Crippen molar-refractivity contribution in [1.82, 2.24) is 4.90 Å². The number of nitrogens with zero attached hydrogens (tertiary/aromatic N) is 1. The van der Waals surface area contributed by atoms with Gasteiger partial charge in [0.25, 0.3) is 0 Å². The SMILES string of the molecule is CC(C)(C)OC(=O)N1CCC2(CC1)CNc1ccc3c(c12)OCCO3. The van der Waals surface area contributed by atoms with Crippen molar-refractivity contribution in [2.75, 3.05) is 38.2 Å². The van der Waals surface area contributed by atoms with E-state index in [0.717, 1.165) is 36.6 Å². The third kappa shape index (κ3) is 2.87. The minimum Gasteiger partial charge on any atom is -0.486 e. The molecule has 4 rings (SSSR count). The summed E-state index contributed by atoms with van der Waals surface area (Å²) in [5.74, 6) is 1.72. The number of carbonyl (C=O) groups is 1. The molecule has 3 aliphatic rings. The van der Waals surface area contributed by atoms with E-state index in [1.54, 1.807) is 0 Å². The van der Waals surface area contributed by atoms with E-state index >= 15 is 0 Å². The fourth-order valence-corrected chi connectivity index (χ4v) is 4.01. The lowest BCUT2D eigenvalue weighted by Gasteiger charge is -2.40. The van der Waals surface area contributed by atoms with E-state index in [1.165, 1.54) is 5.56 Å². The van der Waals surface area contributed by atoms with Gasteiger partial charge in [0.1, 0.15) is 18.8 Å². The Kier molecular flexibility index (Phi) is 3.74. The molecular formula is C19H26N2O4. The molecule has 3 heterocycles. The number of hydrogen-bond acceptors (Lipinski definition) is 5. The number of rotatable bonds is 0. The van der Waals surface area contributed by atoms with Crippen LogP contribution in [0.25, 0.3) is 0 Å². The van der Waals surface area contributed by atoms with Crippen LogP contribution in [-0.2, 0) is 10.2 Å². The highest BCUT2D eigenvalue weighted by atomic mass is 16.6. The number of piperidine rings is 1. The normalized spacial score (nSPS) is 20.8. The Labute approximate surface area is 148 Å². The Morgan fingerprint density at radius 2 is 1.92 bits per heavy atom. The van der Waals surface area contributed by atoms with Crippen molar-refractivity contribution in [2.45, 2.75) is 44.6 Å². The summed E-state index contributed by atoms with van der Waals surface area (Å²) in [7, 11) is 0. The predicted molar refractivity (Wildman–Crippen MR) is 94.6 cm³/mol. The van der Waals surface area contributed by atoms with Crippen molar-refractivity contribution in [1.29, 1.82) is 0 Å². The third-order valence-corrected chi connectivity index (χ3v) is 5.23. The molecule has 0 aromatic heterocycles. The van der Waals surface area contributed by atoms with Gasteiger partial charge >= 0.3 is 6.09 Å². The van der Waals surface area contributed by atoms with E-state index < -0.39 is 5.60 Å². The standard InChI is InChI=1S/C19H26N2O4/c1-18(2,3)25-17(22)21-8-6-19(7-9-21)12-20-13-4-5-14-16(15(13)19)24-11-10-23-14/h4-5,20H,6-12H2,1-3H3. The summed E-state index contributed by atoms with van der Waals surface area (Å²) < 4.78 is 17.2. The Bertz CT molecular complexity index is 687. The maximum absolute atomic E-state index is 12.3. The molecular weight excluding hydrogens is 320 g/mol. The second-order valence-electron chi connectivity index (χ2n) is 8.11. The van der Waals surface area contributed by atoms with Crippen LogP contribution in [0.2, 0.25) is 0 Å². The Morgan fingerprint density at radius 3 is 2.64 bits per heavy atom. The van der Waals surface area contributed by atoms with Gasteiger partial charge in [-0.25, -0.2) is 4.79 Å². The van der Waals surface area contributed by atoms with Crippen LogP contribution >= 0.6 is 0 Å². The van der Waals surface area contributed by atoms with Crippen molar-refractivity contribution >= 4 is 11.8 Å². The summed E-state index contributed by atoms with van der Waals surface area (Å²) in [6.45, 7) is 9.15. The number of fused-ring (bicyclic) bond motifs is 4. The summed E-state index contributed by atoms with van der Waals surface area (Å²) in [6, 6.07) is 4.06. The fourth-order valence-electron chi connectivity index (χ4n) is 4.01. The molecule has 1 amide bonds. The highest BCUT2D eigenvalue weighted by Crippen LogP contribution is 2.52. The molecule has 0 unspecified atom stereocenters. The van der Waals surface area contributed by atoms with Gasteiger partial charge in [0.15, 0.2) is 11.5 Å². The highest BCUT2D eigenvalue weighted by Gasteiger charge is 2.46. The van der Waals surface area contributed by atoms with Crippen molar-refractivity contribution in [2.24, 2.45) is 0 Å². The maximum Gasteiger partial charge on any atom is 0.410 e. The average Bonchev–Trinajstić information content (AvgIpc) is 2.93. The van der Waals surface area contributed by atoms with Gasteiger partial charge in [-0.1, -0.05) is 0 Å². The number of ether oxygens (including phenoxy) is 3. The molecule has 0 radical (unpaired) electrons. The lowest BCUT2D eigenvalue weighted by Crippen LogP contribution is -2.47. The Morgan fingerprint density at radius 1 is 1.20 bits per heavy atom. The quantitative estimate of drug-likeness (QED) is 0.782. The van der Waals surface area contributed by atoms with Crippen LogP contribution in [0.15, 0.2) is 12.1 Å². The van der Waals surface area contributed by atoms with Gasteiger partial charge in [0.2, 0.25) is 0 Å². The minimum absolute atomic E-state index is 0.000110. The number of nitrogens with one attached hydrogen (secondary N) is 1. The van der Waals surface area contributed by atoms with Crippen LogP contribution < -0.4 is 14.8 Å². The molecule has 6 heteroatoms. The monoisotopic (exact) mass is 346 g/mol. The molecule has 1 aromatic rings. The molecule has 25 heavy (non-hydrogen) atoms. The lowest BCUT2D eigenvalue weighted by molar-refractivity contribution is 0.0170. The molecule has 3 aliphatic heterocycles. The molecule has 0 atom stereocenters. The first kappa shape index (κ1) is 16.4. The van der Waals surface area contributed by atoms with Crippen LogP contribution in [0.1, 0.15) is 39.2 Å². The number of carbonyl (C=O) groups excluding carboxylic acids is 1. The van der Waals surface area contributed by atoms with Gasteiger partial charge in [-0.15, -0.1) is 0 Å². The zero-order chi connectivity index (χ0) is 17.7. The van der Waals surface area contributed by atoms with Gasteiger partial charge < -0.3 is 24.4 Å². The number of anilines is 1. The van der Waals surface area contributed by atoms with Gasteiger partial charge in [-0.2, -0.15) is 0 Å². The zero-order valence-electron chi connectivity index (χ0n) is 15.2. The topological polar surface area (TPSA) is 60.0 Å². The van der Waals surface area contributed by atoms with E-state index in [9.17, 15) is 4.79 Å². The fraction of sp³-hybridized carbons (Fsp3) is 0.632. The van der Waals surface area contributed by atoms with E-state index in [-0.39, 0.29) is 11.5 Å². The largest absolute Gasteiger partial charge is 0.486 e. The molecule has 1 spiro atoms. The molecule has 0 bridgehead atoms. The van der Waals surface area contributed by atoms with Crippen molar-refractivity contribution in [3.63, 3.8) is 0 Å². The highest BCUT2D eigenvalue weighted by molar-refractivity contribution is 5.71. The summed E-state index contributed by atoms with van der Waals surface area (Å²) in [5, 5.41) is 3.52. The summed E-state index contributed by atoms with van der Waals surface area (Å²) in [5.41, 5.74) is 1.90. The molecule has 6 nitrogen and oxygen atoms in total. The molecule has 0 saturated carbocycles. The number of benzene rings is 1. The van der Waals surface area contributed by atoms with Crippen LogP contribution in [-0.4, -0.2) is 49.4 Å². The van der Waals surface area contributed by atoms with E-state index in [0.29, 0.717) is 26.3 Å². The summed E-state index contributed by atoms with van der Waals surface area (Å²) >= 11 is 0. The first-order chi connectivity index (χ1) is 11.9. The minimum atomic E-state index is -0.460. The van der Waals surface area contributed by atoms with Crippen LogP contribution in [0.5, 0.6) is 11.5 Å². The third-order valence-electron chi connectivity index (χ3n) is 5.23. The lowest BCUT2D eigenvalue weighted by atomic mass is 9.74. The van der Waals surface area contributed by atoms with Gasteiger partial charge in [-0.3, -0.25) is 0 Å². The first-order valence-corrected chi connectivity index (χ1v) is 9.03. The average molecular weight is 346 g/mol. The number of hydrogen-bond donors (Lipinski definition) is 1. The van der Waals surface area contributed by atoms with Crippen molar-refractivity contribution < 1.29 is 19.0 Å². The summed E-state index contributed by atoms with van der Waals surface area (Å²) in [6.07, 6.45) is 1.57. The Hall–Kier alpha value is -2.11. The second kappa shape index (κ2) is 5.71. The molecule has 1 saturated heterocycles. The first-order valence-electron chi connectivity index (χ1n) is 9.03. The van der Waals surface area contributed by atoms with Crippen molar-refractivity contribution in [3.05, 3.63) is 17.7 Å². The Balaban J connectivity index is 1.55. The smallest absolute Gasteiger partial charge is 0.410 e. The molecule has 0 aliphatic carbocycles. The van der Waals surface area contributed by atoms with E-state index in [1.807, 2.05) is 31.7 Å². The molecule has 136 valence electrons. The van der Waals surface area contributed by atoms with Crippen LogP contribution in [0, 0.1) is 0 Å². The van der Waals surface area contributed by atoms with Gasteiger partial charge in [0, 0.05) is 36.3 Å². The predicted octanol–water partition coefficient (Wildman–Crippen LogP) is 3.15. The molecule has 1 aromatic carbocycles. The second-order valence-corrected chi connectivity index (χ2v) is 8.11. The molecule has 1 N–H and O–H groups in total. The van der Waals surface area contributed by atoms with E-state index in [2.05, 4.69) is 11.4 Å².